The Morgan fingerprint density at radius 2 is 1.54 bits per heavy atom. The summed E-state index contributed by atoms with van der Waals surface area (Å²) in [5, 5.41) is -0.708. The topological polar surface area (TPSA) is 81.6 Å². The average molecular weight is 513 g/mol. The van der Waals surface area contributed by atoms with Crippen LogP contribution in [0.2, 0.25) is 0 Å². The molecule has 0 N–H and O–H groups in total. The third-order valence-electron chi connectivity index (χ3n) is 5.45. The molecule has 7 nitrogen and oxygen atoms in total. The fourth-order valence-electron chi connectivity index (χ4n) is 3.81. The first kappa shape index (κ1) is 23.1. The minimum atomic E-state index is -4.73. The highest BCUT2D eigenvalue weighted by atomic mass is 32.2. The lowest BCUT2D eigenvalue weighted by Crippen LogP contribution is -2.11. The van der Waals surface area contributed by atoms with Crippen molar-refractivity contribution >= 4 is 32.2 Å². The summed E-state index contributed by atoms with van der Waals surface area (Å²) in [7, 11) is -4.11. The first-order valence-corrected chi connectivity index (χ1v) is 11.6. The molecule has 0 saturated heterocycles. The van der Waals surface area contributed by atoms with Crippen LogP contribution in [0.1, 0.15) is 18.1 Å². The van der Waals surface area contributed by atoms with Gasteiger partial charge < -0.3 is 0 Å². The van der Waals surface area contributed by atoms with Gasteiger partial charge in [0.05, 0.1) is 16.9 Å². The molecule has 0 atom stereocenters. The first-order chi connectivity index (χ1) is 16.3. The summed E-state index contributed by atoms with van der Waals surface area (Å²) in [6.07, 6.45) is -6.49. The Kier molecular flexibility index (Phi) is 4.88. The van der Waals surface area contributed by atoms with E-state index < -0.39 is 44.1 Å². The van der Waals surface area contributed by atoms with E-state index in [1.807, 2.05) is 0 Å². The zero-order chi connectivity index (χ0) is 25.3. The van der Waals surface area contributed by atoms with Crippen molar-refractivity contribution in [3.8, 4) is 11.4 Å². The standard InChI is InChI=1S/C21H13F6N5O2S/c1-2-35(33,34)19-17(30-16-5-3-11(9-32(16)19)20(22,23)24)14-10-31-15(29-14)6-4-12-13(21(25,26)27)7-8-28-18(12)31/h3-10H,2H2,1H3. The van der Waals surface area contributed by atoms with Crippen molar-refractivity contribution < 1.29 is 34.8 Å². The lowest BCUT2D eigenvalue weighted by Gasteiger charge is -2.10. The monoisotopic (exact) mass is 513 g/mol. The number of nitrogens with zero attached hydrogens (tertiary/aromatic N) is 5. The van der Waals surface area contributed by atoms with Gasteiger partial charge in [0, 0.05) is 24.0 Å². The van der Waals surface area contributed by atoms with Crippen molar-refractivity contribution in [2.24, 2.45) is 0 Å². The smallest absolute Gasteiger partial charge is 0.289 e. The van der Waals surface area contributed by atoms with E-state index in [-0.39, 0.29) is 33.7 Å². The number of halogens is 6. The molecule has 5 aromatic heterocycles. The van der Waals surface area contributed by atoms with Crippen molar-refractivity contribution in [2.45, 2.75) is 24.3 Å². The molecule has 0 fully saturated rings. The molecule has 182 valence electrons. The van der Waals surface area contributed by atoms with Crippen molar-refractivity contribution in [3.05, 3.63) is 60.0 Å². The molecular formula is C21H13F6N5O2S. The van der Waals surface area contributed by atoms with Crippen molar-refractivity contribution in [1.29, 1.82) is 0 Å². The molecule has 0 aliphatic carbocycles. The van der Waals surface area contributed by atoms with Crippen LogP contribution in [0.4, 0.5) is 26.3 Å². The molecule has 14 heteroatoms. The Bertz CT molecular complexity index is 1730. The zero-order valence-corrected chi connectivity index (χ0v) is 18.4. The number of hydrogen-bond acceptors (Lipinski definition) is 5. The molecule has 5 aromatic rings. The maximum atomic E-state index is 13.4. The highest BCUT2D eigenvalue weighted by Gasteiger charge is 2.34. The van der Waals surface area contributed by atoms with Gasteiger partial charge in [-0.2, -0.15) is 26.3 Å². The minimum absolute atomic E-state index is 0.0546. The average Bonchev–Trinajstić information content (AvgIpc) is 3.38. The van der Waals surface area contributed by atoms with Crippen LogP contribution in [0.15, 0.2) is 53.9 Å². The van der Waals surface area contributed by atoms with Gasteiger partial charge in [0.15, 0.2) is 14.9 Å². The van der Waals surface area contributed by atoms with Gasteiger partial charge in [0.2, 0.25) is 0 Å². The Labute approximate surface area is 192 Å². The number of rotatable bonds is 3. The maximum absolute atomic E-state index is 13.4. The van der Waals surface area contributed by atoms with E-state index in [4.69, 9.17) is 0 Å². The van der Waals surface area contributed by atoms with E-state index in [1.165, 1.54) is 29.7 Å². The number of pyridine rings is 3. The fourth-order valence-corrected chi connectivity index (χ4v) is 4.98. The summed E-state index contributed by atoms with van der Waals surface area (Å²) in [5.74, 6) is -0.434. The maximum Gasteiger partial charge on any atom is 0.417 e. The second-order valence-electron chi connectivity index (χ2n) is 7.59. The molecule has 5 rings (SSSR count). The van der Waals surface area contributed by atoms with E-state index in [0.29, 0.717) is 6.20 Å². The van der Waals surface area contributed by atoms with Crippen molar-refractivity contribution in [2.75, 3.05) is 5.75 Å². The van der Waals surface area contributed by atoms with E-state index >= 15 is 0 Å². The zero-order valence-electron chi connectivity index (χ0n) is 17.6. The molecule has 0 unspecified atom stereocenters. The Balaban J connectivity index is 1.82. The second-order valence-corrected chi connectivity index (χ2v) is 9.79. The molecule has 0 radical (unpaired) electrons. The second kappa shape index (κ2) is 7.41. The van der Waals surface area contributed by atoms with Crippen molar-refractivity contribution in [1.82, 2.24) is 23.8 Å². The predicted molar refractivity (Wildman–Crippen MR) is 112 cm³/mol. The fraction of sp³-hybridized carbons (Fsp3) is 0.190. The van der Waals surface area contributed by atoms with Crippen LogP contribution in [-0.2, 0) is 22.2 Å². The van der Waals surface area contributed by atoms with Crippen LogP contribution in [0.5, 0.6) is 0 Å². The highest BCUT2D eigenvalue weighted by Crippen LogP contribution is 2.36. The van der Waals surface area contributed by atoms with Crippen LogP contribution >= 0.6 is 0 Å². The predicted octanol–water partition coefficient (Wildman–Crippen LogP) is 5.03. The number of alkyl halides is 6. The summed E-state index contributed by atoms with van der Waals surface area (Å²) in [6, 6.07) is 5.13. The van der Waals surface area contributed by atoms with Gasteiger partial charge in [-0.05, 0) is 30.3 Å². The Morgan fingerprint density at radius 1 is 0.857 bits per heavy atom. The summed E-state index contributed by atoms with van der Waals surface area (Å²) >= 11 is 0. The molecule has 0 bridgehead atoms. The van der Waals surface area contributed by atoms with Gasteiger partial charge in [-0.1, -0.05) is 6.92 Å². The number of aromatic nitrogens is 5. The van der Waals surface area contributed by atoms with Gasteiger partial charge >= 0.3 is 12.4 Å². The van der Waals surface area contributed by atoms with Crippen LogP contribution < -0.4 is 0 Å². The SMILES string of the molecule is CCS(=O)(=O)c1c(-c2cn3c(ccc4c(C(F)(F)F)ccnc43)n2)nc2ccc(C(F)(F)F)cn12. The number of hydrogen-bond donors (Lipinski definition) is 0. The molecule has 0 aromatic carbocycles. The molecular weight excluding hydrogens is 500 g/mol. The number of imidazole rings is 2. The van der Waals surface area contributed by atoms with Crippen LogP contribution in [0.3, 0.4) is 0 Å². The minimum Gasteiger partial charge on any atom is -0.289 e. The Hall–Kier alpha value is -3.68. The summed E-state index contributed by atoms with van der Waals surface area (Å²) in [4.78, 5) is 12.5. The van der Waals surface area contributed by atoms with E-state index in [1.54, 1.807) is 0 Å². The van der Waals surface area contributed by atoms with E-state index in [0.717, 1.165) is 28.8 Å². The number of fused-ring (bicyclic) bond motifs is 4. The normalized spacial score (nSPS) is 13.3. The largest absolute Gasteiger partial charge is 0.417 e. The van der Waals surface area contributed by atoms with Gasteiger partial charge in [-0.15, -0.1) is 0 Å². The van der Waals surface area contributed by atoms with E-state index in [9.17, 15) is 34.8 Å². The highest BCUT2D eigenvalue weighted by molar-refractivity contribution is 7.91. The van der Waals surface area contributed by atoms with Gasteiger partial charge in [-0.25, -0.2) is 23.4 Å². The molecule has 35 heavy (non-hydrogen) atoms. The van der Waals surface area contributed by atoms with Gasteiger partial charge in [0.25, 0.3) is 0 Å². The summed E-state index contributed by atoms with van der Waals surface area (Å²) in [6.45, 7) is 1.33. The molecule has 0 amide bonds. The van der Waals surface area contributed by atoms with Crippen LogP contribution in [0.25, 0.3) is 33.7 Å². The lowest BCUT2D eigenvalue weighted by atomic mass is 10.1. The van der Waals surface area contributed by atoms with Crippen LogP contribution in [-0.4, -0.2) is 37.9 Å². The van der Waals surface area contributed by atoms with Gasteiger partial charge in [0.1, 0.15) is 28.3 Å². The molecule has 0 aliphatic heterocycles. The number of sulfone groups is 1. The molecule has 0 saturated carbocycles. The quantitative estimate of drug-likeness (QED) is 0.316. The molecule has 0 spiro atoms. The van der Waals surface area contributed by atoms with Crippen LogP contribution in [0, 0.1) is 0 Å². The first-order valence-electron chi connectivity index (χ1n) is 9.97. The summed E-state index contributed by atoms with van der Waals surface area (Å²) < 4.78 is 108. The molecule has 0 aliphatic rings. The third kappa shape index (κ3) is 3.68. The third-order valence-corrected chi connectivity index (χ3v) is 7.19. The lowest BCUT2D eigenvalue weighted by molar-refractivity contribution is -0.138. The van der Waals surface area contributed by atoms with Gasteiger partial charge in [-0.3, -0.25) is 8.80 Å². The van der Waals surface area contributed by atoms with Crippen molar-refractivity contribution in [3.63, 3.8) is 0 Å². The summed E-state index contributed by atoms with van der Waals surface area (Å²) in [5.41, 5.74) is -2.28. The molecule has 5 heterocycles. The van der Waals surface area contributed by atoms with E-state index in [2.05, 4.69) is 15.0 Å². The Morgan fingerprint density at radius 3 is 2.20 bits per heavy atom.